The normalized spacial score (nSPS) is 16.4. The van der Waals surface area contributed by atoms with Gasteiger partial charge in [-0.05, 0) is 76.9 Å². The molecule has 1 N–H and O–H groups in total. The van der Waals surface area contributed by atoms with Crippen LogP contribution in [-0.4, -0.2) is 28.9 Å². The van der Waals surface area contributed by atoms with Crippen molar-refractivity contribution in [3.8, 4) is 17.0 Å². The molecular weight excluding hydrogens is 422 g/mol. The van der Waals surface area contributed by atoms with Crippen molar-refractivity contribution in [2.45, 2.75) is 53.7 Å². The molecule has 2 amide bonds. The summed E-state index contributed by atoms with van der Waals surface area (Å²) in [6.07, 6.45) is -0.674. The summed E-state index contributed by atoms with van der Waals surface area (Å²) in [7, 11) is 0. The van der Waals surface area contributed by atoms with Crippen LogP contribution >= 0.6 is 11.3 Å². The van der Waals surface area contributed by atoms with Crippen molar-refractivity contribution >= 4 is 34.5 Å². The molecule has 6 nitrogen and oxygen atoms in total. The maximum atomic E-state index is 13.2. The van der Waals surface area contributed by atoms with Gasteiger partial charge < -0.3 is 10.1 Å². The van der Waals surface area contributed by atoms with E-state index in [1.54, 1.807) is 30.1 Å². The van der Waals surface area contributed by atoms with Gasteiger partial charge in [0.2, 0.25) is 5.91 Å². The van der Waals surface area contributed by atoms with E-state index in [2.05, 4.69) is 10.3 Å². The summed E-state index contributed by atoms with van der Waals surface area (Å²) in [5.74, 6) is 0.0828. The Kier molecular flexibility index (Phi) is 5.77. The molecule has 1 aromatic heterocycles. The average molecular weight is 450 g/mol. The summed E-state index contributed by atoms with van der Waals surface area (Å²) in [6, 6.07) is 10.7. The Morgan fingerprint density at radius 1 is 1.19 bits per heavy atom. The number of aryl methyl sites for hydroxylation is 3. The molecule has 2 aromatic carbocycles. The third-order valence-electron chi connectivity index (χ3n) is 5.91. The first kappa shape index (κ1) is 22.0. The minimum absolute atomic E-state index is 0.246. The van der Waals surface area contributed by atoms with Gasteiger partial charge in [-0.1, -0.05) is 12.1 Å². The molecule has 0 radical (unpaired) electrons. The number of carbonyl (C=O) groups is 2. The summed E-state index contributed by atoms with van der Waals surface area (Å²) in [5.41, 5.74) is 5.21. The van der Waals surface area contributed by atoms with Crippen LogP contribution in [0.2, 0.25) is 0 Å². The van der Waals surface area contributed by atoms with Crippen LogP contribution in [0, 0.1) is 27.7 Å². The molecule has 1 aliphatic rings. The number of hydrogen-bond donors (Lipinski definition) is 1. The predicted octanol–water partition coefficient (Wildman–Crippen LogP) is 5.18. The number of nitrogens with zero attached hydrogens (tertiary/aromatic N) is 2. The van der Waals surface area contributed by atoms with Gasteiger partial charge in [0.15, 0.2) is 6.10 Å². The SMILES string of the molecule is Cc1nc(-c2ccc3c(c2)N(C(C)C(=O)Nc2cccc(C)c2C)C(=O)C(C)O3)c(C)s1. The highest BCUT2D eigenvalue weighted by molar-refractivity contribution is 7.11. The first-order valence-corrected chi connectivity index (χ1v) is 11.4. The zero-order valence-electron chi connectivity index (χ0n) is 19.1. The topological polar surface area (TPSA) is 71.5 Å². The Bertz CT molecular complexity index is 1220. The first-order chi connectivity index (χ1) is 15.2. The summed E-state index contributed by atoms with van der Waals surface area (Å²) in [5, 5.41) is 3.97. The average Bonchev–Trinajstić information content (AvgIpc) is 3.09. The van der Waals surface area contributed by atoms with E-state index in [9.17, 15) is 9.59 Å². The standard InChI is InChI=1S/C25H27N3O3S/c1-13-8-7-9-20(14(13)2)27-24(29)15(3)28-21-12-19(23-17(5)32-18(6)26-23)10-11-22(21)31-16(4)25(28)30/h7-12,15-16H,1-6H3,(H,27,29). The molecule has 0 saturated heterocycles. The van der Waals surface area contributed by atoms with Crippen molar-refractivity contribution in [3.05, 3.63) is 57.4 Å². The number of fused-ring (bicyclic) bond motifs is 1. The number of ether oxygens (including phenoxy) is 1. The second-order valence-electron chi connectivity index (χ2n) is 8.20. The van der Waals surface area contributed by atoms with Gasteiger partial charge in [-0.2, -0.15) is 0 Å². The van der Waals surface area contributed by atoms with Crippen LogP contribution in [-0.2, 0) is 9.59 Å². The van der Waals surface area contributed by atoms with Gasteiger partial charge in [0.1, 0.15) is 11.8 Å². The fraction of sp³-hybridized carbons (Fsp3) is 0.320. The number of nitrogens with one attached hydrogen (secondary N) is 1. The Labute approximate surface area is 192 Å². The summed E-state index contributed by atoms with van der Waals surface area (Å²) >= 11 is 1.63. The van der Waals surface area contributed by atoms with Crippen LogP contribution in [0.3, 0.4) is 0 Å². The molecule has 2 atom stereocenters. The second kappa shape index (κ2) is 8.39. The Morgan fingerprint density at radius 3 is 2.62 bits per heavy atom. The number of hydrogen-bond acceptors (Lipinski definition) is 5. The lowest BCUT2D eigenvalue weighted by atomic mass is 10.0. The van der Waals surface area contributed by atoms with Crippen molar-refractivity contribution in [1.82, 2.24) is 4.98 Å². The molecule has 0 bridgehead atoms. The van der Waals surface area contributed by atoms with Gasteiger partial charge in [-0.25, -0.2) is 4.98 Å². The molecule has 0 saturated carbocycles. The fourth-order valence-corrected chi connectivity index (χ4v) is 4.79. The van der Waals surface area contributed by atoms with Gasteiger partial charge in [-0.15, -0.1) is 11.3 Å². The van der Waals surface area contributed by atoms with E-state index in [0.29, 0.717) is 11.4 Å². The molecular formula is C25H27N3O3S. The van der Waals surface area contributed by atoms with Gasteiger partial charge in [0.25, 0.3) is 5.91 Å². The van der Waals surface area contributed by atoms with Gasteiger partial charge in [0, 0.05) is 16.1 Å². The van der Waals surface area contributed by atoms with Gasteiger partial charge in [-0.3, -0.25) is 14.5 Å². The lowest BCUT2D eigenvalue weighted by Gasteiger charge is -2.36. The maximum Gasteiger partial charge on any atom is 0.268 e. The number of thiazole rings is 1. The maximum absolute atomic E-state index is 13.2. The minimum atomic E-state index is -0.721. The molecule has 2 heterocycles. The molecule has 3 aromatic rings. The minimum Gasteiger partial charge on any atom is -0.479 e. The van der Waals surface area contributed by atoms with E-state index in [-0.39, 0.29) is 11.8 Å². The largest absolute Gasteiger partial charge is 0.479 e. The third kappa shape index (κ3) is 3.88. The van der Waals surface area contributed by atoms with Crippen molar-refractivity contribution in [2.24, 2.45) is 0 Å². The van der Waals surface area contributed by atoms with Crippen LogP contribution in [0.5, 0.6) is 5.75 Å². The van der Waals surface area contributed by atoms with E-state index in [1.807, 2.05) is 64.1 Å². The number of amides is 2. The number of anilines is 2. The molecule has 0 aliphatic carbocycles. The Hall–Kier alpha value is -3.19. The van der Waals surface area contributed by atoms with Crippen molar-refractivity contribution in [2.75, 3.05) is 10.2 Å². The first-order valence-electron chi connectivity index (χ1n) is 10.6. The zero-order chi connectivity index (χ0) is 23.2. The fourth-order valence-electron chi connectivity index (χ4n) is 3.95. The number of rotatable bonds is 4. The van der Waals surface area contributed by atoms with E-state index in [1.165, 1.54) is 0 Å². The van der Waals surface area contributed by atoms with Crippen molar-refractivity contribution < 1.29 is 14.3 Å². The van der Waals surface area contributed by atoms with Crippen LogP contribution in [0.15, 0.2) is 36.4 Å². The molecule has 32 heavy (non-hydrogen) atoms. The smallest absolute Gasteiger partial charge is 0.268 e. The lowest BCUT2D eigenvalue weighted by Crippen LogP contribution is -2.52. The van der Waals surface area contributed by atoms with Crippen molar-refractivity contribution in [1.29, 1.82) is 0 Å². The number of aromatic nitrogens is 1. The molecule has 166 valence electrons. The van der Waals surface area contributed by atoms with Crippen LogP contribution in [0.25, 0.3) is 11.3 Å². The van der Waals surface area contributed by atoms with Crippen molar-refractivity contribution in [3.63, 3.8) is 0 Å². The van der Waals surface area contributed by atoms with E-state index < -0.39 is 12.1 Å². The second-order valence-corrected chi connectivity index (χ2v) is 9.61. The Balaban J connectivity index is 1.71. The lowest BCUT2D eigenvalue weighted by molar-refractivity contribution is -0.128. The van der Waals surface area contributed by atoms with E-state index in [0.717, 1.165) is 38.0 Å². The highest BCUT2D eigenvalue weighted by Gasteiger charge is 2.37. The highest BCUT2D eigenvalue weighted by Crippen LogP contribution is 2.40. The summed E-state index contributed by atoms with van der Waals surface area (Å²) in [4.78, 5) is 33.6. The van der Waals surface area contributed by atoms with Crippen LogP contribution in [0.4, 0.5) is 11.4 Å². The van der Waals surface area contributed by atoms with Gasteiger partial charge >= 0.3 is 0 Å². The third-order valence-corrected chi connectivity index (χ3v) is 6.80. The molecule has 2 unspecified atom stereocenters. The quantitative estimate of drug-likeness (QED) is 0.595. The van der Waals surface area contributed by atoms with E-state index in [4.69, 9.17) is 4.74 Å². The molecule has 0 fully saturated rings. The number of benzene rings is 2. The molecule has 4 rings (SSSR count). The number of carbonyl (C=O) groups excluding carboxylic acids is 2. The van der Waals surface area contributed by atoms with E-state index >= 15 is 0 Å². The van der Waals surface area contributed by atoms with Crippen LogP contribution < -0.4 is 15.0 Å². The predicted molar refractivity (Wildman–Crippen MR) is 129 cm³/mol. The summed E-state index contributed by atoms with van der Waals surface area (Å²) < 4.78 is 5.84. The monoisotopic (exact) mass is 449 g/mol. The van der Waals surface area contributed by atoms with Crippen LogP contribution in [0.1, 0.15) is 34.9 Å². The summed E-state index contributed by atoms with van der Waals surface area (Å²) in [6.45, 7) is 11.4. The Morgan fingerprint density at radius 2 is 1.94 bits per heavy atom. The molecule has 0 spiro atoms. The molecule has 7 heteroatoms. The molecule has 1 aliphatic heterocycles. The highest BCUT2D eigenvalue weighted by atomic mass is 32.1. The zero-order valence-corrected chi connectivity index (χ0v) is 20.0. The van der Waals surface area contributed by atoms with Gasteiger partial charge in [0.05, 0.1) is 16.4 Å².